The number of aryl methyl sites for hydroxylation is 1. The molecule has 1 heterocycles. The average molecular weight is 334 g/mol. The van der Waals surface area contributed by atoms with Crippen LogP contribution >= 0.6 is 12.2 Å². The number of hydrogen-bond acceptors (Lipinski definition) is 4. The van der Waals surface area contributed by atoms with Crippen molar-refractivity contribution in [2.45, 2.75) is 53.1 Å². The molecular weight excluding hydrogens is 308 g/mol. The minimum atomic E-state index is -0.0845. The van der Waals surface area contributed by atoms with Crippen molar-refractivity contribution in [3.8, 4) is 0 Å². The molecule has 0 unspecified atom stereocenters. The Balaban J connectivity index is 2.07. The number of aromatic nitrogens is 3. The van der Waals surface area contributed by atoms with Gasteiger partial charge in [-0.05, 0) is 43.2 Å². The summed E-state index contributed by atoms with van der Waals surface area (Å²) < 4.78 is 4.37. The molecule has 126 valence electrons. The van der Waals surface area contributed by atoms with Crippen LogP contribution in [0.25, 0.3) is 0 Å². The van der Waals surface area contributed by atoms with E-state index in [2.05, 4.69) is 48.1 Å². The fourth-order valence-corrected chi connectivity index (χ4v) is 2.91. The van der Waals surface area contributed by atoms with E-state index in [-0.39, 0.29) is 6.61 Å². The Hall–Kier alpha value is -1.50. The van der Waals surface area contributed by atoms with Gasteiger partial charge in [-0.2, -0.15) is 5.10 Å². The van der Waals surface area contributed by atoms with Crippen molar-refractivity contribution in [1.82, 2.24) is 19.2 Å². The Kier molecular flexibility index (Phi) is 6.50. The lowest BCUT2D eigenvalue weighted by molar-refractivity contribution is 0.238. The molecule has 0 spiro atoms. The van der Waals surface area contributed by atoms with Gasteiger partial charge in [-0.25, -0.2) is 4.68 Å². The first kappa shape index (κ1) is 17.8. The Morgan fingerprint density at radius 3 is 2.39 bits per heavy atom. The maximum absolute atomic E-state index is 9.44. The molecule has 2 aromatic rings. The van der Waals surface area contributed by atoms with E-state index in [4.69, 9.17) is 12.2 Å². The van der Waals surface area contributed by atoms with Crippen LogP contribution < -0.4 is 0 Å². The van der Waals surface area contributed by atoms with Crippen molar-refractivity contribution in [2.75, 3.05) is 7.05 Å². The molecule has 5 nitrogen and oxygen atoms in total. The topological polar surface area (TPSA) is 46.2 Å². The Bertz CT molecular complexity index is 675. The van der Waals surface area contributed by atoms with E-state index in [0.717, 1.165) is 25.9 Å². The molecule has 6 heteroatoms. The molecule has 2 rings (SSSR count). The molecule has 0 amide bonds. The SMILES string of the molecule is CCCn1c(CO)nn(CN(C)Cc2ccc(CC)cc2)c1=S. The lowest BCUT2D eigenvalue weighted by Crippen LogP contribution is -2.22. The minimum absolute atomic E-state index is 0.0845. The van der Waals surface area contributed by atoms with E-state index in [1.54, 1.807) is 4.68 Å². The molecule has 23 heavy (non-hydrogen) atoms. The van der Waals surface area contributed by atoms with Crippen molar-refractivity contribution in [3.63, 3.8) is 0 Å². The lowest BCUT2D eigenvalue weighted by atomic mass is 10.1. The van der Waals surface area contributed by atoms with Gasteiger partial charge < -0.3 is 9.67 Å². The Labute approximate surface area is 143 Å². The molecule has 0 saturated carbocycles. The number of aliphatic hydroxyl groups is 1. The van der Waals surface area contributed by atoms with Crippen molar-refractivity contribution in [2.24, 2.45) is 0 Å². The highest BCUT2D eigenvalue weighted by Crippen LogP contribution is 2.09. The maximum Gasteiger partial charge on any atom is 0.199 e. The predicted molar refractivity (Wildman–Crippen MR) is 94.6 cm³/mol. The summed E-state index contributed by atoms with van der Waals surface area (Å²) >= 11 is 5.49. The van der Waals surface area contributed by atoms with Crippen LogP contribution in [0, 0.1) is 4.77 Å². The number of hydrogen-bond donors (Lipinski definition) is 1. The van der Waals surface area contributed by atoms with Crippen molar-refractivity contribution < 1.29 is 5.11 Å². The van der Waals surface area contributed by atoms with E-state index in [1.165, 1.54) is 11.1 Å². The molecular formula is C17H26N4OS. The van der Waals surface area contributed by atoms with E-state index >= 15 is 0 Å². The van der Waals surface area contributed by atoms with Crippen LogP contribution in [0.4, 0.5) is 0 Å². The summed E-state index contributed by atoms with van der Waals surface area (Å²) in [5.74, 6) is 0.637. The van der Waals surface area contributed by atoms with Crippen molar-refractivity contribution in [1.29, 1.82) is 0 Å². The van der Waals surface area contributed by atoms with Gasteiger partial charge in [-0.3, -0.25) is 4.90 Å². The van der Waals surface area contributed by atoms with Gasteiger partial charge in [0.1, 0.15) is 6.61 Å². The van der Waals surface area contributed by atoms with Crippen molar-refractivity contribution in [3.05, 3.63) is 46.0 Å². The summed E-state index contributed by atoms with van der Waals surface area (Å²) in [4.78, 5) is 2.17. The molecule has 0 bridgehead atoms. The van der Waals surface area contributed by atoms with E-state index < -0.39 is 0 Å². The molecule has 0 aliphatic heterocycles. The van der Waals surface area contributed by atoms with Gasteiger partial charge in [-0.15, -0.1) is 0 Å². The Morgan fingerprint density at radius 2 is 1.83 bits per heavy atom. The summed E-state index contributed by atoms with van der Waals surface area (Å²) in [6.07, 6.45) is 2.02. The van der Waals surface area contributed by atoms with Crippen LogP contribution in [0.5, 0.6) is 0 Å². The lowest BCUT2D eigenvalue weighted by Gasteiger charge is -2.16. The third-order valence-corrected chi connectivity index (χ3v) is 4.28. The molecule has 0 radical (unpaired) electrons. The largest absolute Gasteiger partial charge is 0.388 e. The number of benzene rings is 1. The number of rotatable bonds is 8. The second kappa shape index (κ2) is 8.38. The van der Waals surface area contributed by atoms with Gasteiger partial charge >= 0.3 is 0 Å². The molecule has 0 fully saturated rings. The van der Waals surface area contributed by atoms with Crippen LogP contribution in [0.15, 0.2) is 24.3 Å². The monoisotopic (exact) mass is 334 g/mol. The third kappa shape index (κ3) is 4.50. The third-order valence-electron chi connectivity index (χ3n) is 3.85. The zero-order chi connectivity index (χ0) is 16.8. The van der Waals surface area contributed by atoms with Crippen LogP contribution in [0.1, 0.15) is 37.2 Å². The van der Waals surface area contributed by atoms with Crippen LogP contribution in [0.2, 0.25) is 0 Å². The van der Waals surface area contributed by atoms with E-state index in [1.807, 2.05) is 11.6 Å². The van der Waals surface area contributed by atoms with Crippen LogP contribution in [0.3, 0.4) is 0 Å². The summed E-state index contributed by atoms with van der Waals surface area (Å²) in [5.41, 5.74) is 2.62. The highest BCUT2D eigenvalue weighted by atomic mass is 32.1. The fraction of sp³-hybridized carbons (Fsp3) is 0.529. The zero-order valence-electron chi connectivity index (χ0n) is 14.2. The highest BCUT2D eigenvalue weighted by Gasteiger charge is 2.11. The van der Waals surface area contributed by atoms with E-state index in [0.29, 0.717) is 17.3 Å². The number of aliphatic hydroxyl groups excluding tert-OH is 1. The van der Waals surface area contributed by atoms with Gasteiger partial charge in [0.05, 0.1) is 6.67 Å². The maximum atomic E-state index is 9.44. The second-order valence-corrected chi connectivity index (χ2v) is 6.20. The van der Waals surface area contributed by atoms with Crippen molar-refractivity contribution >= 4 is 12.2 Å². The summed E-state index contributed by atoms with van der Waals surface area (Å²) in [6, 6.07) is 8.69. The van der Waals surface area contributed by atoms with Gasteiger partial charge in [0, 0.05) is 13.1 Å². The van der Waals surface area contributed by atoms with Crippen LogP contribution in [-0.2, 0) is 32.8 Å². The summed E-state index contributed by atoms with van der Waals surface area (Å²) in [6.45, 7) is 6.40. The zero-order valence-corrected chi connectivity index (χ0v) is 15.0. The summed E-state index contributed by atoms with van der Waals surface area (Å²) in [5, 5.41) is 13.9. The van der Waals surface area contributed by atoms with Gasteiger partial charge in [0.2, 0.25) is 0 Å². The van der Waals surface area contributed by atoms with Gasteiger partial charge in [0.15, 0.2) is 10.6 Å². The first-order valence-electron chi connectivity index (χ1n) is 8.12. The smallest absolute Gasteiger partial charge is 0.199 e. The molecule has 1 aromatic heterocycles. The van der Waals surface area contributed by atoms with Crippen LogP contribution in [-0.4, -0.2) is 31.4 Å². The molecule has 0 aliphatic carbocycles. The van der Waals surface area contributed by atoms with Gasteiger partial charge in [-0.1, -0.05) is 38.1 Å². The second-order valence-electron chi connectivity index (χ2n) is 5.83. The van der Waals surface area contributed by atoms with E-state index in [9.17, 15) is 5.11 Å². The predicted octanol–water partition coefficient (Wildman–Crippen LogP) is 2.97. The highest BCUT2D eigenvalue weighted by molar-refractivity contribution is 7.71. The first-order valence-corrected chi connectivity index (χ1v) is 8.53. The fourth-order valence-electron chi connectivity index (χ4n) is 2.61. The molecule has 0 saturated heterocycles. The van der Waals surface area contributed by atoms with Gasteiger partial charge in [0.25, 0.3) is 0 Å². The molecule has 0 atom stereocenters. The summed E-state index contributed by atoms with van der Waals surface area (Å²) in [7, 11) is 2.05. The number of nitrogens with zero attached hydrogens (tertiary/aromatic N) is 4. The standard InChI is InChI=1S/C17H26N4OS/c1-4-10-20-16(12-22)18-21(17(20)23)13-19(3)11-15-8-6-14(5-2)7-9-15/h6-9,22H,4-5,10-13H2,1-3H3. The molecule has 1 N–H and O–H groups in total. The minimum Gasteiger partial charge on any atom is -0.388 e. The molecule has 0 aliphatic rings. The normalized spacial score (nSPS) is 11.3. The first-order chi connectivity index (χ1) is 11.1. The average Bonchev–Trinajstić information content (AvgIpc) is 2.84. The Morgan fingerprint density at radius 1 is 1.17 bits per heavy atom. The quantitative estimate of drug-likeness (QED) is 0.754. The molecule has 1 aromatic carbocycles.